The van der Waals surface area contributed by atoms with Crippen LogP contribution in [0.25, 0.3) is 0 Å². The van der Waals surface area contributed by atoms with Gasteiger partial charge in [0.05, 0.1) is 6.10 Å². The van der Waals surface area contributed by atoms with Gasteiger partial charge in [0.25, 0.3) is 0 Å². The normalized spacial score (nSPS) is 15.8. The van der Waals surface area contributed by atoms with E-state index in [4.69, 9.17) is 10.9 Å². The molecule has 0 aliphatic heterocycles. The van der Waals surface area contributed by atoms with Gasteiger partial charge in [0.1, 0.15) is 5.84 Å². The van der Waals surface area contributed by atoms with E-state index in [-0.39, 0.29) is 11.9 Å². The highest BCUT2D eigenvalue weighted by Crippen LogP contribution is 2.15. The molecule has 1 rings (SSSR count). The zero-order valence-electron chi connectivity index (χ0n) is 9.84. The Morgan fingerprint density at radius 3 is 2.94 bits per heavy atom. The maximum absolute atomic E-state index is 9.88. The van der Waals surface area contributed by atoms with Gasteiger partial charge in [-0.15, -0.1) is 0 Å². The first-order chi connectivity index (χ1) is 8.17. The van der Waals surface area contributed by atoms with Gasteiger partial charge in [0.15, 0.2) is 0 Å². The van der Waals surface area contributed by atoms with Gasteiger partial charge in [-0.1, -0.05) is 12.1 Å². The minimum Gasteiger partial charge on any atom is -0.409 e. The predicted molar refractivity (Wildman–Crippen MR) is 69.4 cm³/mol. The van der Waals surface area contributed by atoms with Crippen molar-refractivity contribution in [2.24, 2.45) is 10.9 Å². The van der Waals surface area contributed by atoms with Crippen LogP contribution >= 0.6 is 11.3 Å². The Morgan fingerprint density at radius 1 is 1.65 bits per heavy atom. The average molecular weight is 257 g/mol. The topological polar surface area (TPSA) is 90.9 Å². The first-order valence-corrected chi connectivity index (χ1v) is 6.51. The molecule has 2 unspecified atom stereocenters. The molecule has 0 spiro atoms. The summed E-state index contributed by atoms with van der Waals surface area (Å²) in [6, 6.07) is 2.01. The van der Waals surface area contributed by atoms with Gasteiger partial charge in [-0.05, 0) is 28.8 Å². The fourth-order valence-electron chi connectivity index (χ4n) is 1.51. The van der Waals surface area contributed by atoms with Crippen molar-refractivity contribution in [2.45, 2.75) is 31.9 Å². The highest BCUT2D eigenvalue weighted by molar-refractivity contribution is 7.07. The summed E-state index contributed by atoms with van der Waals surface area (Å²) in [6.45, 7) is 2.48. The Bertz CT molecular complexity index is 340. The molecule has 0 aliphatic carbocycles. The Hall–Kier alpha value is -1.11. The van der Waals surface area contributed by atoms with Crippen molar-refractivity contribution in [3.05, 3.63) is 22.4 Å². The maximum atomic E-state index is 9.88. The number of thiophene rings is 1. The van der Waals surface area contributed by atoms with Crippen molar-refractivity contribution in [1.29, 1.82) is 0 Å². The highest BCUT2D eigenvalue weighted by atomic mass is 32.1. The lowest BCUT2D eigenvalue weighted by Crippen LogP contribution is -2.35. The molecule has 0 saturated heterocycles. The van der Waals surface area contributed by atoms with E-state index in [9.17, 15) is 5.11 Å². The predicted octanol–water partition coefficient (Wildman–Crippen LogP) is 1.29. The summed E-state index contributed by atoms with van der Waals surface area (Å²) in [5.74, 6) is 0.203. The van der Waals surface area contributed by atoms with E-state index in [1.165, 1.54) is 0 Å². The van der Waals surface area contributed by atoms with Crippen LogP contribution in [0.4, 0.5) is 0 Å². The van der Waals surface area contributed by atoms with Gasteiger partial charge in [-0.2, -0.15) is 11.3 Å². The number of hydrogen-bond donors (Lipinski definition) is 4. The molecule has 0 aliphatic rings. The number of nitrogens with one attached hydrogen (secondary N) is 1. The van der Waals surface area contributed by atoms with Crippen molar-refractivity contribution >= 4 is 17.2 Å². The van der Waals surface area contributed by atoms with E-state index >= 15 is 0 Å². The Kier molecular flexibility index (Phi) is 5.96. The Balaban J connectivity index is 2.37. The summed E-state index contributed by atoms with van der Waals surface area (Å²) in [4.78, 5) is 0. The summed E-state index contributed by atoms with van der Waals surface area (Å²) >= 11 is 1.56. The molecule has 1 aromatic rings. The SMILES string of the molecule is CCC(C/C(N)=N/O)NCC(O)c1ccsc1. The van der Waals surface area contributed by atoms with E-state index < -0.39 is 6.10 Å². The molecule has 0 fully saturated rings. The molecular formula is C11H19N3O2S. The molecule has 0 amide bonds. The van der Waals surface area contributed by atoms with Crippen LogP contribution in [0, 0.1) is 0 Å². The van der Waals surface area contributed by atoms with Crippen molar-refractivity contribution < 1.29 is 10.3 Å². The molecule has 1 heterocycles. The zero-order valence-corrected chi connectivity index (χ0v) is 10.7. The quantitative estimate of drug-likeness (QED) is 0.256. The van der Waals surface area contributed by atoms with Crippen molar-refractivity contribution in [3.63, 3.8) is 0 Å². The smallest absolute Gasteiger partial charge is 0.140 e. The molecule has 5 nitrogen and oxygen atoms in total. The summed E-state index contributed by atoms with van der Waals surface area (Å²) in [6.07, 6.45) is 0.818. The molecule has 0 saturated carbocycles. The summed E-state index contributed by atoms with van der Waals surface area (Å²) < 4.78 is 0. The van der Waals surface area contributed by atoms with E-state index in [2.05, 4.69) is 10.5 Å². The second kappa shape index (κ2) is 7.26. The minimum atomic E-state index is -0.511. The lowest BCUT2D eigenvalue weighted by Gasteiger charge is -2.18. The van der Waals surface area contributed by atoms with E-state index in [0.717, 1.165) is 12.0 Å². The van der Waals surface area contributed by atoms with Crippen LogP contribution in [-0.2, 0) is 0 Å². The number of rotatable bonds is 7. The fraction of sp³-hybridized carbons (Fsp3) is 0.545. The molecule has 0 radical (unpaired) electrons. The summed E-state index contributed by atoms with van der Waals surface area (Å²) in [7, 11) is 0. The number of nitrogens with zero attached hydrogens (tertiary/aromatic N) is 1. The number of amidine groups is 1. The Morgan fingerprint density at radius 2 is 2.41 bits per heavy atom. The van der Waals surface area contributed by atoms with Crippen LogP contribution in [0.5, 0.6) is 0 Å². The van der Waals surface area contributed by atoms with Crippen LogP contribution in [0.15, 0.2) is 22.0 Å². The molecular weight excluding hydrogens is 238 g/mol. The third kappa shape index (κ3) is 4.72. The maximum Gasteiger partial charge on any atom is 0.140 e. The molecule has 1 aromatic heterocycles. The first-order valence-electron chi connectivity index (χ1n) is 5.57. The van der Waals surface area contributed by atoms with Gasteiger partial charge in [-0.3, -0.25) is 0 Å². The van der Waals surface area contributed by atoms with Gasteiger partial charge in [0, 0.05) is 19.0 Å². The van der Waals surface area contributed by atoms with E-state index in [1.54, 1.807) is 11.3 Å². The number of nitrogens with two attached hydrogens (primary N) is 1. The number of aliphatic hydroxyl groups excluding tert-OH is 1. The van der Waals surface area contributed by atoms with Crippen LogP contribution in [0.1, 0.15) is 31.4 Å². The molecule has 6 heteroatoms. The van der Waals surface area contributed by atoms with Gasteiger partial charge in [-0.25, -0.2) is 0 Å². The lowest BCUT2D eigenvalue weighted by atomic mass is 10.1. The van der Waals surface area contributed by atoms with Gasteiger partial charge >= 0.3 is 0 Å². The van der Waals surface area contributed by atoms with Crippen LogP contribution in [-0.4, -0.2) is 28.7 Å². The standard InChI is InChI=1S/C11H19N3O2S/c1-2-9(5-11(12)14-16)13-6-10(15)8-3-4-17-7-8/h3-4,7,9-10,13,15-16H,2,5-6H2,1H3,(H2,12,14). The van der Waals surface area contributed by atoms with Crippen molar-refractivity contribution in [2.75, 3.05) is 6.54 Å². The van der Waals surface area contributed by atoms with Crippen LogP contribution < -0.4 is 11.1 Å². The number of oxime groups is 1. The summed E-state index contributed by atoms with van der Waals surface area (Å²) in [5.41, 5.74) is 6.37. The monoisotopic (exact) mass is 257 g/mol. The minimum absolute atomic E-state index is 0.110. The van der Waals surface area contributed by atoms with Crippen LogP contribution in [0.3, 0.4) is 0 Å². The largest absolute Gasteiger partial charge is 0.409 e. The molecule has 2 atom stereocenters. The van der Waals surface area contributed by atoms with Crippen LogP contribution in [0.2, 0.25) is 0 Å². The second-order valence-electron chi connectivity index (χ2n) is 3.88. The van der Waals surface area contributed by atoms with Crippen molar-refractivity contribution in [3.8, 4) is 0 Å². The van der Waals surface area contributed by atoms with Crippen molar-refractivity contribution in [1.82, 2.24) is 5.32 Å². The van der Waals surface area contributed by atoms with Gasteiger partial charge in [0.2, 0.25) is 0 Å². The lowest BCUT2D eigenvalue weighted by molar-refractivity contribution is 0.170. The average Bonchev–Trinajstić information content (AvgIpc) is 2.87. The molecule has 0 aromatic carbocycles. The van der Waals surface area contributed by atoms with Gasteiger partial charge < -0.3 is 21.4 Å². The highest BCUT2D eigenvalue weighted by Gasteiger charge is 2.12. The third-order valence-electron chi connectivity index (χ3n) is 2.60. The molecule has 0 bridgehead atoms. The second-order valence-corrected chi connectivity index (χ2v) is 4.66. The zero-order chi connectivity index (χ0) is 12.7. The molecule has 17 heavy (non-hydrogen) atoms. The van der Waals surface area contributed by atoms with E-state index in [0.29, 0.717) is 13.0 Å². The number of hydrogen-bond acceptors (Lipinski definition) is 5. The fourth-order valence-corrected chi connectivity index (χ4v) is 2.22. The molecule has 96 valence electrons. The number of aliphatic hydroxyl groups is 1. The summed E-state index contributed by atoms with van der Waals surface area (Å²) in [5, 5.41) is 28.4. The first kappa shape index (κ1) is 14.0. The molecule has 5 N–H and O–H groups in total. The Labute approximate surface area is 105 Å². The van der Waals surface area contributed by atoms with E-state index in [1.807, 2.05) is 23.8 Å². The third-order valence-corrected chi connectivity index (χ3v) is 3.31.